The summed E-state index contributed by atoms with van der Waals surface area (Å²) in [5.41, 5.74) is 0.373. The predicted octanol–water partition coefficient (Wildman–Crippen LogP) is -0.990. The van der Waals surface area contributed by atoms with Gasteiger partial charge in [-0.3, -0.25) is 14.4 Å². The van der Waals surface area contributed by atoms with E-state index >= 15 is 0 Å². The smallest absolute Gasteiger partial charge is 0.253 e. The van der Waals surface area contributed by atoms with Crippen molar-refractivity contribution in [3.8, 4) is 0 Å². The zero-order chi connectivity index (χ0) is 24.6. The summed E-state index contributed by atoms with van der Waals surface area (Å²) in [5, 5.41) is 51.8. The molecule has 0 saturated carbocycles. The van der Waals surface area contributed by atoms with E-state index in [2.05, 4.69) is 10.6 Å². The Morgan fingerprint density at radius 2 is 1.31 bits per heavy atom. The topological polar surface area (TPSA) is 180 Å². The molecule has 0 spiro atoms. The summed E-state index contributed by atoms with van der Waals surface area (Å²) in [6.07, 6.45) is -2.77. The van der Waals surface area contributed by atoms with Crippen molar-refractivity contribution in [1.82, 2.24) is 10.6 Å². The molecule has 0 saturated heterocycles. The van der Waals surface area contributed by atoms with Crippen molar-refractivity contribution in [1.29, 1.82) is 0 Å². The number of carbonyl (C=O) groups excluding carboxylic acids is 3. The largest absolute Gasteiger partial charge is 0.394 e. The zero-order valence-electron chi connectivity index (χ0n) is 16.9. The highest BCUT2D eigenvalue weighted by atomic mass is 127. The van der Waals surface area contributed by atoms with Gasteiger partial charge in [-0.25, -0.2) is 0 Å². The molecule has 14 heteroatoms. The van der Waals surface area contributed by atoms with Crippen LogP contribution >= 0.6 is 67.8 Å². The third-order valence-electron chi connectivity index (χ3n) is 4.04. The van der Waals surface area contributed by atoms with Gasteiger partial charge in [0.05, 0.1) is 62.0 Å². The summed E-state index contributed by atoms with van der Waals surface area (Å²) >= 11 is 5.56. The predicted molar refractivity (Wildman–Crippen MR) is 141 cm³/mol. The fourth-order valence-corrected chi connectivity index (χ4v) is 7.27. The van der Waals surface area contributed by atoms with Crippen molar-refractivity contribution >= 4 is 91.7 Å². The van der Waals surface area contributed by atoms with Crippen molar-refractivity contribution in [3.63, 3.8) is 0 Å². The van der Waals surface area contributed by atoms with E-state index < -0.39 is 43.3 Å². The number of rotatable bonds is 12. The first-order valence-corrected chi connectivity index (χ1v) is 12.5. The Morgan fingerprint density at radius 3 is 1.62 bits per heavy atom. The number of benzene rings is 1. The summed E-state index contributed by atoms with van der Waals surface area (Å²) in [4.78, 5) is 38.8. The van der Waals surface area contributed by atoms with E-state index in [0.717, 1.165) is 0 Å². The maximum absolute atomic E-state index is 12.9. The van der Waals surface area contributed by atoms with Crippen LogP contribution in [-0.2, 0) is 4.79 Å². The maximum Gasteiger partial charge on any atom is 0.253 e. The molecular weight excluding hydrogens is 767 g/mol. The minimum atomic E-state index is -1.18. The van der Waals surface area contributed by atoms with Crippen LogP contribution in [0.3, 0.4) is 0 Å². The molecule has 32 heavy (non-hydrogen) atoms. The second kappa shape index (κ2) is 14.1. The molecule has 0 aliphatic heterocycles. The number of hydrogen-bond donors (Lipinski definition) is 7. The van der Waals surface area contributed by atoms with Crippen LogP contribution in [-0.4, -0.2) is 94.9 Å². The maximum atomic E-state index is 12.9. The molecule has 0 aliphatic carbocycles. The van der Waals surface area contributed by atoms with Gasteiger partial charge in [0.1, 0.15) is 0 Å². The SMILES string of the molecule is CC(O)CN(C=O)c1c(I)c(C(=O)NCC(O)CO)c(I)c(C(=O)NCC(O)CO)c1I. The number of aliphatic hydroxyl groups excluding tert-OH is 5. The number of anilines is 1. The monoisotopic (exact) mass is 791 g/mol. The lowest BCUT2D eigenvalue weighted by Gasteiger charge is -2.26. The molecule has 3 unspecified atom stereocenters. The van der Waals surface area contributed by atoms with Gasteiger partial charge in [0.2, 0.25) is 6.41 Å². The van der Waals surface area contributed by atoms with Crippen molar-refractivity contribution in [2.45, 2.75) is 25.2 Å². The van der Waals surface area contributed by atoms with E-state index in [-0.39, 0.29) is 40.0 Å². The molecule has 1 rings (SSSR count). The molecule has 0 bridgehead atoms. The molecule has 0 heterocycles. The molecule has 1 aromatic carbocycles. The van der Waals surface area contributed by atoms with Gasteiger partial charge >= 0.3 is 0 Å². The van der Waals surface area contributed by atoms with Crippen LogP contribution in [0.25, 0.3) is 0 Å². The lowest BCUT2D eigenvalue weighted by molar-refractivity contribution is -0.107. The molecule has 0 fully saturated rings. The number of amides is 3. The van der Waals surface area contributed by atoms with Gasteiger partial charge < -0.3 is 41.1 Å². The molecule has 0 aliphatic rings. The van der Waals surface area contributed by atoms with Crippen molar-refractivity contribution in [2.24, 2.45) is 0 Å². The van der Waals surface area contributed by atoms with E-state index in [0.29, 0.717) is 13.6 Å². The van der Waals surface area contributed by atoms with E-state index in [9.17, 15) is 29.7 Å². The molecule has 3 amide bonds. The van der Waals surface area contributed by atoms with Gasteiger partial charge in [0.15, 0.2) is 0 Å². The van der Waals surface area contributed by atoms with E-state index in [1.165, 1.54) is 11.8 Å². The molecule has 0 aromatic heterocycles. The van der Waals surface area contributed by atoms with Gasteiger partial charge in [-0.05, 0) is 74.7 Å². The first kappa shape index (κ1) is 29.7. The summed E-state index contributed by atoms with van der Waals surface area (Å²) < 4.78 is 0.939. The summed E-state index contributed by atoms with van der Waals surface area (Å²) in [6, 6.07) is 0. The molecule has 7 N–H and O–H groups in total. The van der Waals surface area contributed by atoms with Crippen LogP contribution in [0.2, 0.25) is 0 Å². The summed E-state index contributed by atoms with van der Waals surface area (Å²) in [5.74, 6) is -1.28. The highest BCUT2D eigenvalue weighted by Crippen LogP contribution is 2.37. The van der Waals surface area contributed by atoms with Crippen molar-refractivity contribution in [2.75, 3.05) is 37.7 Å². The highest BCUT2D eigenvalue weighted by molar-refractivity contribution is 14.1. The minimum Gasteiger partial charge on any atom is -0.394 e. The number of aliphatic hydroxyl groups is 5. The Bertz CT molecular complexity index is 787. The lowest BCUT2D eigenvalue weighted by Crippen LogP contribution is -2.38. The second-order valence-corrected chi connectivity index (χ2v) is 9.98. The van der Waals surface area contributed by atoms with Crippen LogP contribution in [0.5, 0.6) is 0 Å². The van der Waals surface area contributed by atoms with E-state index in [1.807, 2.05) is 67.8 Å². The Kier molecular flexibility index (Phi) is 13.1. The van der Waals surface area contributed by atoms with Gasteiger partial charge in [-0.2, -0.15) is 0 Å². The van der Waals surface area contributed by atoms with E-state index in [1.54, 1.807) is 0 Å². The second-order valence-electron chi connectivity index (χ2n) is 6.74. The summed E-state index contributed by atoms with van der Waals surface area (Å²) in [7, 11) is 0. The normalized spacial score (nSPS) is 13.8. The van der Waals surface area contributed by atoms with Gasteiger partial charge in [0.25, 0.3) is 11.8 Å². The zero-order valence-corrected chi connectivity index (χ0v) is 23.4. The number of halogens is 3. The molecule has 0 radical (unpaired) electrons. The molecular formula is C18H24I3N3O8. The third kappa shape index (κ3) is 7.84. The molecule has 11 nitrogen and oxygen atoms in total. The molecule has 1 aromatic rings. The van der Waals surface area contributed by atoms with Crippen molar-refractivity contribution in [3.05, 3.63) is 21.8 Å². The average Bonchev–Trinajstić information content (AvgIpc) is 2.74. The Labute approximate surface area is 225 Å². The van der Waals surface area contributed by atoms with Gasteiger partial charge in [-0.1, -0.05) is 0 Å². The van der Waals surface area contributed by atoms with Crippen LogP contribution in [0.1, 0.15) is 27.6 Å². The van der Waals surface area contributed by atoms with Gasteiger partial charge in [-0.15, -0.1) is 0 Å². The summed E-state index contributed by atoms with van der Waals surface area (Å²) in [6.45, 7) is -0.196. The molecule has 3 atom stereocenters. The quantitative estimate of drug-likeness (QED) is 0.104. The van der Waals surface area contributed by atoms with Crippen LogP contribution < -0.4 is 15.5 Å². The number of carbonyl (C=O) groups is 3. The average molecular weight is 791 g/mol. The van der Waals surface area contributed by atoms with Crippen LogP contribution in [0.15, 0.2) is 0 Å². The van der Waals surface area contributed by atoms with Crippen molar-refractivity contribution < 1.29 is 39.9 Å². The van der Waals surface area contributed by atoms with Crippen LogP contribution in [0.4, 0.5) is 5.69 Å². The fourth-order valence-electron chi connectivity index (χ4n) is 2.50. The Morgan fingerprint density at radius 1 is 0.906 bits per heavy atom. The first-order chi connectivity index (χ1) is 15.0. The number of nitrogens with one attached hydrogen (secondary N) is 2. The fraction of sp³-hybridized carbons (Fsp3) is 0.500. The Hall–Kier alpha value is -0.380. The minimum absolute atomic E-state index is 0.0667. The number of hydrogen-bond acceptors (Lipinski definition) is 8. The first-order valence-electron chi connectivity index (χ1n) is 9.24. The highest BCUT2D eigenvalue weighted by Gasteiger charge is 2.30. The van der Waals surface area contributed by atoms with Gasteiger partial charge in [0, 0.05) is 16.7 Å². The molecule has 180 valence electrons. The van der Waals surface area contributed by atoms with E-state index in [4.69, 9.17) is 10.2 Å². The Balaban J connectivity index is 3.63. The standard InChI is InChI=1S/C18H24I3N3O8/c1-8(28)4-24(7-27)16-14(20)11(17(31)22-2-9(29)5-25)13(19)12(15(16)21)18(32)23-3-10(30)6-26/h7-10,25-26,28-30H,2-6H2,1H3,(H,22,31)(H,23,32). The third-order valence-corrected chi connectivity index (χ3v) is 7.22. The lowest BCUT2D eigenvalue weighted by atomic mass is 10.1. The number of nitrogens with zero attached hydrogens (tertiary/aromatic N) is 1. The van der Waals surface area contributed by atoms with Crippen LogP contribution in [0, 0.1) is 10.7 Å².